The van der Waals surface area contributed by atoms with Crippen molar-refractivity contribution in [2.45, 2.75) is 32.5 Å². The van der Waals surface area contributed by atoms with Gasteiger partial charge in [-0.05, 0) is 31.5 Å². The number of anilines is 1. The van der Waals surface area contributed by atoms with Gasteiger partial charge in [-0.3, -0.25) is 10.9 Å². The maximum Gasteiger partial charge on any atom is 0.0366 e. The van der Waals surface area contributed by atoms with E-state index in [1.54, 1.807) is 0 Å². The summed E-state index contributed by atoms with van der Waals surface area (Å²) in [4.78, 5) is 2.49. The van der Waals surface area contributed by atoms with Crippen molar-refractivity contribution in [2.24, 2.45) is 5.92 Å². The lowest BCUT2D eigenvalue weighted by Gasteiger charge is -2.28. The Kier molecular flexibility index (Phi) is 5.63. The summed E-state index contributed by atoms with van der Waals surface area (Å²) in [6, 6.07) is 10.1. The fraction of sp³-hybridized carbons (Fsp3) is 0.647. The van der Waals surface area contributed by atoms with Gasteiger partial charge in [-0.2, -0.15) is 11.8 Å². The van der Waals surface area contributed by atoms with Crippen molar-refractivity contribution < 1.29 is 0 Å². The Hall–Kier alpha value is -0.750. The van der Waals surface area contributed by atoms with Crippen LogP contribution in [0.5, 0.6) is 0 Å². The molecule has 3 N–H and O–H groups in total. The second kappa shape index (κ2) is 7.68. The number of hydrogen-bond donors (Lipinski definition) is 3. The first kappa shape index (κ1) is 16.1. The van der Waals surface area contributed by atoms with E-state index in [9.17, 15) is 0 Å². The Labute approximate surface area is 138 Å². The Balaban J connectivity index is 1.46. The number of hydrazine groups is 1. The van der Waals surface area contributed by atoms with Gasteiger partial charge >= 0.3 is 0 Å². The lowest BCUT2D eigenvalue weighted by atomic mass is 9.97. The van der Waals surface area contributed by atoms with Gasteiger partial charge in [0.15, 0.2) is 0 Å². The minimum Gasteiger partial charge on any atom is -0.370 e. The largest absolute Gasteiger partial charge is 0.370 e. The molecule has 0 saturated carbocycles. The minimum absolute atomic E-state index is 0.529. The second-order valence-electron chi connectivity index (χ2n) is 6.43. The fourth-order valence-corrected chi connectivity index (χ4v) is 4.20. The molecule has 5 heteroatoms. The zero-order valence-electron chi connectivity index (χ0n) is 13.6. The molecule has 0 aromatic heterocycles. The normalized spacial score (nSPS) is 29.0. The highest BCUT2D eigenvalue weighted by molar-refractivity contribution is 7.99. The summed E-state index contributed by atoms with van der Waals surface area (Å²) in [6.45, 7) is 8.85. The van der Waals surface area contributed by atoms with E-state index < -0.39 is 0 Å². The highest BCUT2D eigenvalue weighted by Crippen LogP contribution is 2.20. The van der Waals surface area contributed by atoms with E-state index in [4.69, 9.17) is 0 Å². The van der Waals surface area contributed by atoms with Crippen molar-refractivity contribution in [1.82, 2.24) is 16.2 Å². The molecule has 4 nitrogen and oxygen atoms in total. The van der Waals surface area contributed by atoms with Crippen molar-refractivity contribution >= 4 is 17.4 Å². The molecule has 0 spiro atoms. The molecule has 0 aliphatic carbocycles. The molecule has 1 aromatic carbocycles. The summed E-state index contributed by atoms with van der Waals surface area (Å²) >= 11 is 2.06. The molecule has 3 rings (SSSR count). The smallest absolute Gasteiger partial charge is 0.0366 e. The molecule has 2 fully saturated rings. The Morgan fingerprint density at radius 3 is 2.36 bits per heavy atom. The molecule has 2 aliphatic heterocycles. The third kappa shape index (κ3) is 3.96. The van der Waals surface area contributed by atoms with E-state index in [1.807, 2.05) is 0 Å². The monoisotopic (exact) mass is 320 g/mol. The maximum atomic E-state index is 3.61. The molecule has 2 saturated heterocycles. The molecule has 122 valence electrons. The Morgan fingerprint density at radius 1 is 1.09 bits per heavy atom. The van der Waals surface area contributed by atoms with Crippen molar-refractivity contribution in [3.8, 4) is 0 Å². The van der Waals surface area contributed by atoms with Crippen LogP contribution in [-0.4, -0.2) is 43.2 Å². The summed E-state index contributed by atoms with van der Waals surface area (Å²) in [5.41, 5.74) is 9.37. The van der Waals surface area contributed by atoms with Crippen LogP contribution in [0, 0.1) is 5.92 Å². The van der Waals surface area contributed by atoms with Crippen molar-refractivity contribution in [2.75, 3.05) is 36.0 Å². The Morgan fingerprint density at radius 2 is 1.73 bits per heavy atom. The summed E-state index contributed by atoms with van der Waals surface area (Å²) in [5.74, 6) is 3.15. The molecule has 22 heavy (non-hydrogen) atoms. The van der Waals surface area contributed by atoms with Crippen LogP contribution in [0.2, 0.25) is 0 Å². The zero-order valence-corrected chi connectivity index (χ0v) is 14.5. The number of hydrogen-bond acceptors (Lipinski definition) is 5. The zero-order chi connectivity index (χ0) is 15.4. The van der Waals surface area contributed by atoms with Gasteiger partial charge in [0.2, 0.25) is 0 Å². The molecule has 2 atom stereocenters. The number of nitrogens with one attached hydrogen (secondary N) is 3. The van der Waals surface area contributed by atoms with Gasteiger partial charge in [-0.1, -0.05) is 12.1 Å². The fourth-order valence-electron chi connectivity index (χ4n) is 3.29. The molecule has 0 amide bonds. The lowest BCUT2D eigenvalue weighted by Crippen LogP contribution is -2.34. The van der Waals surface area contributed by atoms with Crippen LogP contribution < -0.4 is 21.1 Å². The van der Waals surface area contributed by atoms with E-state index in [1.165, 1.54) is 35.8 Å². The lowest BCUT2D eigenvalue weighted by molar-refractivity contribution is 0.412. The molecule has 1 aromatic rings. The predicted molar refractivity (Wildman–Crippen MR) is 96.4 cm³/mol. The van der Waals surface area contributed by atoms with Gasteiger partial charge in [0.25, 0.3) is 0 Å². The highest BCUT2D eigenvalue weighted by atomic mass is 32.2. The van der Waals surface area contributed by atoms with Gasteiger partial charge in [0.1, 0.15) is 0 Å². The summed E-state index contributed by atoms with van der Waals surface area (Å²) < 4.78 is 0. The van der Waals surface area contributed by atoms with Gasteiger partial charge < -0.3 is 10.2 Å². The van der Waals surface area contributed by atoms with Crippen molar-refractivity contribution in [3.63, 3.8) is 0 Å². The van der Waals surface area contributed by atoms with Crippen LogP contribution in [0.15, 0.2) is 24.3 Å². The summed E-state index contributed by atoms with van der Waals surface area (Å²) in [7, 11) is 0. The summed E-state index contributed by atoms with van der Waals surface area (Å²) in [6.07, 6.45) is 0. The minimum atomic E-state index is 0.529. The SMILES string of the molecule is CC1NNC(C)C1CNCc1ccc(N2CCSCC2)cc1. The standard InChI is InChI=1S/C17H28N4S/c1-13-17(14(2)20-19-13)12-18-11-15-3-5-16(6-4-15)21-7-9-22-10-8-21/h3-6,13-14,17-20H,7-12H2,1-2H3. The van der Waals surface area contributed by atoms with Gasteiger partial charge in [-0.25, -0.2) is 0 Å². The van der Waals surface area contributed by atoms with Gasteiger partial charge in [0.05, 0.1) is 0 Å². The average molecular weight is 321 g/mol. The topological polar surface area (TPSA) is 39.3 Å². The molecular formula is C17H28N4S. The van der Waals surface area contributed by atoms with E-state index >= 15 is 0 Å². The quantitative estimate of drug-likeness (QED) is 0.772. The maximum absolute atomic E-state index is 3.61. The molecule has 2 heterocycles. The first-order chi connectivity index (χ1) is 10.7. The van der Waals surface area contributed by atoms with Crippen LogP contribution in [0.3, 0.4) is 0 Å². The Bertz CT molecular complexity index is 448. The highest BCUT2D eigenvalue weighted by Gasteiger charge is 2.28. The van der Waals surface area contributed by atoms with Crippen LogP contribution in [-0.2, 0) is 6.54 Å². The van der Waals surface area contributed by atoms with Crippen LogP contribution in [0.4, 0.5) is 5.69 Å². The van der Waals surface area contributed by atoms with Crippen molar-refractivity contribution in [1.29, 1.82) is 0 Å². The number of nitrogens with zero attached hydrogens (tertiary/aromatic N) is 1. The third-order valence-electron chi connectivity index (χ3n) is 4.84. The van der Waals surface area contributed by atoms with E-state index in [0.717, 1.165) is 13.1 Å². The van der Waals surface area contributed by atoms with Gasteiger partial charge in [-0.15, -0.1) is 0 Å². The molecule has 0 radical (unpaired) electrons. The molecule has 0 bridgehead atoms. The van der Waals surface area contributed by atoms with E-state index in [0.29, 0.717) is 18.0 Å². The molecule has 2 unspecified atom stereocenters. The van der Waals surface area contributed by atoms with Crippen molar-refractivity contribution in [3.05, 3.63) is 29.8 Å². The van der Waals surface area contributed by atoms with E-state index in [-0.39, 0.29) is 0 Å². The summed E-state index contributed by atoms with van der Waals surface area (Å²) in [5, 5.41) is 3.61. The average Bonchev–Trinajstić information content (AvgIpc) is 2.88. The molecular weight excluding hydrogens is 292 g/mol. The number of rotatable bonds is 5. The molecule has 2 aliphatic rings. The third-order valence-corrected chi connectivity index (χ3v) is 5.79. The van der Waals surface area contributed by atoms with Crippen LogP contribution in [0.1, 0.15) is 19.4 Å². The predicted octanol–water partition coefficient (Wildman–Crippen LogP) is 1.83. The first-order valence-corrected chi connectivity index (χ1v) is 9.53. The first-order valence-electron chi connectivity index (χ1n) is 8.37. The second-order valence-corrected chi connectivity index (χ2v) is 7.65. The van der Waals surface area contributed by atoms with Gasteiger partial charge in [0, 0.05) is 61.4 Å². The van der Waals surface area contributed by atoms with Crippen LogP contribution >= 0.6 is 11.8 Å². The number of benzene rings is 1. The number of thioether (sulfide) groups is 1. The van der Waals surface area contributed by atoms with Crippen LogP contribution in [0.25, 0.3) is 0 Å². The van der Waals surface area contributed by atoms with E-state index in [2.05, 4.69) is 70.9 Å².